The van der Waals surface area contributed by atoms with Crippen molar-refractivity contribution in [2.75, 3.05) is 0 Å². The van der Waals surface area contributed by atoms with Gasteiger partial charge < -0.3 is 5.11 Å². The summed E-state index contributed by atoms with van der Waals surface area (Å²) in [5.41, 5.74) is -1.16. The van der Waals surface area contributed by atoms with E-state index in [1.165, 1.54) is 11.3 Å². The minimum atomic E-state index is -1.16. The molecule has 1 aliphatic rings. The van der Waals surface area contributed by atoms with Crippen LogP contribution in [0.5, 0.6) is 0 Å². The van der Waals surface area contributed by atoms with Gasteiger partial charge >= 0.3 is 0 Å². The van der Waals surface area contributed by atoms with Gasteiger partial charge in [-0.1, -0.05) is 30.9 Å². The van der Waals surface area contributed by atoms with Crippen molar-refractivity contribution >= 4 is 28.7 Å². The third-order valence-corrected chi connectivity index (χ3v) is 4.27. The summed E-state index contributed by atoms with van der Waals surface area (Å²) in [5.74, 6) is -0.192. The summed E-state index contributed by atoms with van der Waals surface area (Å²) in [6.45, 7) is 0. The van der Waals surface area contributed by atoms with E-state index in [1.54, 1.807) is 11.4 Å². The fourth-order valence-corrected chi connectivity index (χ4v) is 3.21. The quantitative estimate of drug-likeness (QED) is 0.811. The van der Waals surface area contributed by atoms with E-state index >= 15 is 0 Å². The van der Waals surface area contributed by atoms with Crippen molar-refractivity contribution in [2.24, 2.45) is 0 Å². The van der Waals surface area contributed by atoms with Gasteiger partial charge in [0.2, 0.25) is 5.78 Å². The number of carbonyl (C=O) groups is 1. The predicted octanol–water partition coefficient (Wildman–Crippen LogP) is 3.28. The molecule has 0 radical (unpaired) electrons. The third-order valence-electron chi connectivity index (χ3n) is 2.93. The van der Waals surface area contributed by atoms with Gasteiger partial charge in [0.15, 0.2) is 0 Å². The lowest BCUT2D eigenvalue weighted by Gasteiger charge is -2.30. The molecule has 0 aliphatic heterocycles. The van der Waals surface area contributed by atoms with Gasteiger partial charge in [-0.15, -0.1) is 11.3 Å². The number of thiophene rings is 1. The van der Waals surface area contributed by atoms with Gasteiger partial charge in [0, 0.05) is 0 Å². The Kier molecular flexibility index (Phi) is 3.14. The number of hydrogen-bond donors (Lipinski definition) is 1. The van der Waals surface area contributed by atoms with Gasteiger partial charge in [-0.3, -0.25) is 4.79 Å². The molecule has 0 bridgehead atoms. The molecule has 2 nitrogen and oxygen atoms in total. The molecule has 0 atom stereocenters. The van der Waals surface area contributed by atoms with Crippen molar-refractivity contribution in [3.8, 4) is 0 Å². The molecule has 1 heterocycles. The average molecular weight is 245 g/mol. The zero-order valence-electron chi connectivity index (χ0n) is 8.33. The van der Waals surface area contributed by atoms with E-state index in [1.807, 2.05) is 0 Å². The van der Waals surface area contributed by atoms with Crippen LogP contribution in [0.4, 0.5) is 0 Å². The molecule has 0 aromatic carbocycles. The molecular formula is C11H13ClO2S. The first kappa shape index (κ1) is 11.1. The number of aliphatic hydroxyl groups is 1. The molecule has 0 amide bonds. The number of ketones is 1. The second kappa shape index (κ2) is 4.24. The second-order valence-corrected chi connectivity index (χ2v) is 5.34. The first-order valence-electron chi connectivity index (χ1n) is 5.14. The Morgan fingerprint density at radius 1 is 1.40 bits per heavy atom. The molecule has 15 heavy (non-hydrogen) atoms. The molecule has 4 heteroatoms. The van der Waals surface area contributed by atoms with Crippen molar-refractivity contribution in [2.45, 2.75) is 37.7 Å². The molecule has 2 rings (SSSR count). The first-order valence-corrected chi connectivity index (χ1v) is 6.39. The maximum absolute atomic E-state index is 12.1. The first-order chi connectivity index (χ1) is 7.13. The highest BCUT2D eigenvalue weighted by Crippen LogP contribution is 2.34. The Bertz CT molecular complexity index is 366. The Labute approximate surface area is 97.9 Å². The maximum atomic E-state index is 12.1. The lowest BCUT2D eigenvalue weighted by molar-refractivity contribution is 0.0120. The molecule has 0 unspecified atom stereocenters. The monoisotopic (exact) mass is 244 g/mol. The predicted molar refractivity (Wildman–Crippen MR) is 61.7 cm³/mol. The van der Waals surface area contributed by atoms with E-state index in [9.17, 15) is 9.90 Å². The molecule has 1 aliphatic carbocycles. The molecule has 1 fully saturated rings. The van der Waals surface area contributed by atoms with Crippen LogP contribution in [0.2, 0.25) is 5.02 Å². The second-order valence-electron chi connectivity index (χ2n) is 4.02. The lowest BCUT2D eigenvalue weighted by atomic mass is 9.81. The largest absolute Gasteiger partial charge is 0.382 e. The van der Waals surface area contributed by atoms with Crippen LogP contribution >= 0.6 is 22.9 Å². The average Bonchev–Trinajstić information content (AvgIpc) is 2.64. The van der Waals surface area contributed by atoms with E-state index < -0.39 is 5.60 Å². The Balaban J connectivity index is 2.23. The van der Waals surface area contributed by atoms with Crippen LogP contribution in [0, 0.1) is 0 Å². The Morgan fingerprint density at radius 3 is 2.60 bits per heavy atom. The molecular weight excluding hydrogens is 232 g/mol. The molecule has 1 aromatic rings. The normalized spacial score (nSPS) is 20.1. The summed E-state index contributed by atoms with van der Waals surface area (Å²) >= 11 is 7.20. The van der Waals surface area contributed by atoms with Gasteiger partial charge in [-0.25, -0.2) is 0 Å². The molecule has 1 N–H and O–H groups in total. The number of hydrogen-bond acceptors (Lipinski definition) is 3. The number of carbonyl (C=O) groups excluding carboxylic acids is 1. The Morgan fingerprint density at radius 2 is 2.07 bits per heavy atom. The minimum absolute atomic E-state index is 0.192. The maximum Gasteiger partial charge on any atom is 0.205 e. The summed E-state index contributed by atoms with van der Waals surface area (Å²) in [6.07, 6.45) is 4.09. The summed E-state index contributed by atoms with van der Waals surface area (Å²) in [5, 5.41) is 12.5. The molecule has 82 valence electrons. The van der Waals surface area contributed by atoms with Crippen molar-refractivity contribution in [3.05, 3.63) is 21.3 Å². The van der Waals surface area contributed by atoms with E-state index in [4.69, 9.17) is 11.6 Å². The highest BCUT2D eigenvalue weighted by Gasteiger charge is 2.38. The van der Waals surface area contributed by atoms with E-state index in [0.717, 1.165) is 19.3 Å². The van der Waals surface area contributed by atoms with Crippen molar-refractivity contribution < 1.29 is 9.90 Å². The summed E-state index contributed by atoms with van der Waals surface area (Å²) in [7, 11) is 0. The molecule has 1 aromatic heterocycles. The van der Waals surface area contributed by atoms with Crippen LogP contribution in [-0.4, -0.2) is 16.5 Å². The Hall–Kier alpha value is -0.380. The molecule has 0 saturated heterocycles. The number of Topliss-reactive ketones (excluding diaryl/α,β-unsaturated/α-hetero) is 1. The van der Waals surface area contributed by atoms with Crippen LogP contribution in [0.25, 0.3) is 0 Å². The summed E-state index contributed by atoms with van der Waals surface area (Å²) in [4.78, 5) is 12.6. The minimum Gasteiger partial charge on any atom is -0.382 e. The zero-order chi connectivity index (χ0) is 10.9. The topological polar surface area (TPSA) is 37.3 Å². The van der Waals surface area contributed by atoms with Gasteiger partial charge in [-0.2, -0.15) is 0 Å². The lowest BCUT2D eigenvalue weighted by Crippen LogP contribution is -2.40. The van der Waals surface area contributed by atoms with E-state index in [-0.39, 0.29) is 5.78 Å². The van der Waals surface area contributed by atoms with Crippen molar-refractivity contribution in [1.29, 1.82) is 0 Å². The standard InChI is InChI=1S/C11H13ClO2S/c12-8-4-7-15-9(8)10(13)11(14)5-2-1-3-6-11/h4,7,14H,1-3,5-6H2. The highest BCUT2D eigenvalue weighted by molar-refractivity contribution is 7.12. The number of rotatable bonds is 2. The van der Waals surface area contributed by atoms with Crippen molar-refractivity contribution in [1.82, 2.24) is 0 Å². The summed E-state index contributed by atoms with van der Waals surface area (Å²) in [6, 6.07) is 1.70. The summed E-state index contributed by atoms with van der Waals surface area (Å²) < 4.78 is 0. The van der Waals surface area contributed by atoms with Gasteiger partial charge in [0.1, 0.15) is 5.60 Å². The third kappa shape index (κ3) is 2.10. The molecule has 1 saturated carbocycles. The van der Waals surface area contributed by atoms with Gasteiger partial charge in [0.05, 0.1) is 9.90 Å². The smallest absolute Gasteiger partial charge is 0.205 e. The van der Waals surface area contributed by atoms with Crippen LogP contribution in [0.15, 0.2) is 11.4 Å². The fourth-order valence-electron chi connectivity index (χ4n) is 2.03. The molecule has 0 spiro atoms. The van der Waals surface area contributed by atoms with Crippen LogP contribution in [-0.2, 0) is 0 Å². The fraction of sp³-hybridized carbons (Fsp3) is 0.545. The van der Waals surface area contributed by atoms with Crippen molar-refractivity contribution in [3.63, 3.8) is 0 Å². The van der Waals surface area contributed by atoms with E-state index in [0.29, 0.717) is 22.7 Å². The van der Waals surface area contributed by atoms with E-state index in [2.05, 4.69) is 0 Å². The van der Waals surface area contributed by atoms with Crippen LogP contribution in [0.1, 0.15) is 41.8 Å². The van der Waals surface area contributed by atoms with Gasteiger partial charge in [-0.05, 0) is 24.3 Å². The SMILES string of the molecule is O=C(c1sccc1Cl)C1(O)CCCCC1. The van der Waals surface area contributed by atoms with Gasteiger partial charge in [0.25, 0.3) is 0 Å². The zero-order valence-corrected chi connectivity index (χ0v) is 9.90. The van der Waals surface area contributed by atoms with Crippen LogP contribution < -0.4 is 0 Å². The highest BCUT2D eigenvalue weighted by atomic mass is 35.5. The number of halogens is 1. The van der Waals surface area contributed by atoms with Crippen LogP contribution in [0.3, 0.4) is 0 Å².